The van der Waals surface area contributed by atoms with E-state index in [1.807, 2.05) is 0 Å². The normalized spacial score (nSPS) is 11.7. The number of rotatable bonds is 1. The molecule has 1 heterocycles. The lowest BCUT2D eigenvalue weighted by molar-refractivity contribution is -0.137. The van der Waals surface area contributed by atoms with Crippen LogP contribution in [0.25, 0.3) is 11.3 Å². The van der Waals surface area contributed by atoms with Crippen molar-refractivity contribution in [3.63, 3.8) is 0 Å². The summed E-state index contributed by atoms with van der Waals surface area (Å²) >= 11 is 0. The van der Waals surface area contributed by atoms with Crippen molar-refractivity contribution < 1.29 is 17.7 Å². The third-order valence-electron chi connectivity index (χ3n) is 1.89. The molecule has 2 nitrogen and oxygen atoms in total. The van der Waals surface area contributed by atoms with Crippen molar-refractivity contribution in [1.29, 1.82) is 0 Å². The monoisotopic (exact) mass is 212 g/mol. The van der Waals surface area contributed by atoms with E-state index >= 15 is 0 Å². The lowest BCUT2D eigenvalue weighted by Gasteiger charge is -2.05. The van der Waals surface area contributed by atoms with Crippen LogP contribution in [0.15, 0.2) is 34.9 Å². The molecule has 0 aliphatic heterocycles. The first-order valence-corrected chi connectivity index (χ1v) is 4.08. The molecule has 0 amide bonds. The van der Waals surface area contributed by atoms with Crippen LogP contribution in [0, 0.1) is 6.20 Å². The Balaban J connectivity index is 2.33. The Hall–Kier alpha value is -1.78. The van der Waals surface area contributed by atoms with Gasteiger partial charge in [-0.2, -0.15) is 13.2 Å². The van der Waals surface area contributed by atoms with Crippen molar-refractivity contribution in [2.45, 2.75) is 6.18 Å². The Labute approximate surface area is 83.3 Å². The third kappa shape index (κ3) is 2.01. The van der Waals surface area contributed by atoms with Crippen LogP contribution in [0.3, 0.4) is 0 Å². The van der Waals surface area contributed by atoms with Gasteiger partial charge in [-0.25, -0.2) is 0 Å². The Kier molecular flexibility index (Phi) is 2.22. The highest BCUT2D eigenvalue weighted by Crippen LogP contribution is 2.30. The molecule has 2 rings (SSSR count). The van der Waals surface area contributed by atoms with E-state index < -0.39 is 11.7 Å². The maximum Gasteiger partial charge on any atom is 0.416 e. The van der Waals surface area contributed by atoms with Gasteiger partial charge in [0.05, 0.1) is 5.56 Å². The number of hydrogen-bond acceptors (Lipinski definition) is 2. The fraction of sp³-hybridized carbons (Fsp3) is 0.100. The van der Waals surface area contributed by atoms with E-state index in [2.05, 4.69) is 11.4 Å². The molecule has 0 saturated carbocycles. The quantitative estimate of drug-likeness (QED) is 0.725. The van der Waals surface area contributed by atoms with E-state index in [-0.39, 0.29) is 0 Å². The molecule has 0 aliphatic carbocycles. The van der Waals surface area contributed by atoms with Crippen LogP contribution in [0.1, 0.15) is 5.56 Å². The number of benzene rings is 1. The molecule has 0 bridgehead atoms. The van der Waals surface area contributed by atoms with E-state index in [1.165, 1.54) is 18.2 Å². The van der Waals surface area contributed by atoms with E-state index in [0.29, 0.717) is 11.3 Å². The number of halogens is 3. The molecule has 15 heavy (non-hydrogen) atoms. The number of aromatic nitrogens is 1. The SMILES string of the molecule is FC(F)(F)c1ccc(-c2c[c]no2)cc1. The highest BCUT2D eigenvalue weighted by atomic mass is 19.4. The predicted molar refractivity (Wildman–Crippen MR) is 45.8 cm³/mol. The predicted octanol–water partition coefficient (Wildman–Crippen LogP) is 3.16. The van der Waals surface area contributed by atoms with Gasteiger partial charge in [0.2, 0.25) is 0 Å². The molecule has 0 unspecified atom stereocenters. The van der Waals surface area contributed by atoms with Crippen LogP contribution >= 0.6 is 0 Å². The molecule has 77 valence electrons. The van der Waals surface area contributed by atoms with Crippen molar-refractivity contribution in [2.75, 3.05) is 0 Å². The maximum absolute atomic E-state index is 12.2. The molecule has 1 aromatic carbocycles. The topological polar surface area (TPSA) is 26.0 Å². The van der Waals surface area contributed by atoms with E-state index in [0.717, 1.165) is 12.1 Å². The second-order valence-electron chi connectivity index (χ2n) is 2.90. The van der Waals surface area contributed by atoms with Gasteiger partial charge in [-0.3, -0.25) is 0 Å². The summed E-state index contributed by atoms with van der Waals surface area (Å²) in [6.07, 6.45) is -1.88. The van der Waals surface area contributed by atoms with Gasteiger partial charge in [0.25, 0.3) is 0 Å². The second kappa shape index (κ2) is 3.42. The number of hydrogen-bond donors (Lipinski definition) is 0. The van der Waals surface area contributed by atoms with Crippen molar-refractivity contribution in [1.82, 2.24) is 5.16 Å². The maximum atomic E-state index is 12.2. The van der Waals surface area contributed by atoms with E-state index in [9.17, 15) is 13.2 Å². The van der Waals surface area contributed by atoms with Crippen molar-refractivity contribution in [2.24, 2.45) is 0 Å². The van der Waals surface area contributed by atoms with Gasteiger partial charge in [0, 0.05) is 11.6 Å². The summed E-state index contributed by atoms with van der Waals surface area (Å²) in [5.74, 6) is 0.392. The van der Waals surface area contributed by atoms with Gasteiger partial charge >= 0.3 is 6.18 Å². The first-order chi connectivity index (χ1) is 7.07. The summed E-state index contributed by atoms with van der Waals surface area (Å²) in [6, 6.07) is 6.12. The van der Waals surface area contributed by atoms with E-state index in [1.54, 1.807) is 0 Å². The Bertz CT molecular complexity index is 431. The fourth-order valence-corrected chi connectivity index (χ4v) is 1.15. The molecule has 0 fully saturated rings. The summed E-state index contributed by atoms with van der Waals surface area (Å²) in [7, 11) is 0. The van der Waals surface area contributed by atoms with Gasteiger partial charge in [-0.1, -0.05) is 17.3 Å². The molecule has 1 aromatic heterocycles. The van der Waals surface area contributed by atoms with Crippen LogP contribution in [0.2, 0.25) is 0 Å². The number of alkyl halides is 3. The van der Waals surface area contributed by atoms with Gasteiger partial charge in [-0.15, -0.1) is 0 Å². The highest BCUT2D eigenvalue weighted by molar-refractivity contribution is 5.56. The number of nitrogens with zero attached hydrogens (tertiary/aromatic N) is 1. The average molecular weight is 212 g/mol. The minimum absolute atomic E-state index is 0.392. The first kappa shape index (κ1) is 9.76. The zero-order valence-corrected chi connectivity index (χ0v) is 7.38. The lowest BCUT2D eigenvalue weighted by atomic mass is 10.1. The molecule has 0 spiro atoms. The minimum Gasteiger partial charge on any atom is -0.356 e. The third-order valence-corrected chi connectivity index (χ3v) is 1.89. The van der Waals surface area contributed by atoms with Crippen LogP contribution in [0.4, 0.5) is 13.2 Å². The summed E-state index contributed by atoms with van der Waals surface area (Å²) in [5.41, 5.74) is -0.147. The minimum atomic E-state index is -4.31. The zero-order chi connectivity index (χ0) is 10.9. The smallest absolute Gasteiger partial charge is 0.356 e. The summed E-state index contributed by atoms with van der Waals surface area (Å²) in [6.45, 7) is 0. The molecule has 1 radical (unpaired) electrons. The van der Waals surface area contributed by atoms with Crippen LogP contribution in [-0.4, -0.2) is 5.16 Å². The van der Waals surface area contributed by atoms with Crippen LogP contribution in [-0.2, 0) is 6.18 Å². The Morgan fingerprint density at radius 2 is 1.80 bits per heavy atom. The van der Waals surface area contributed by atoms with Gasteiger partial charge < -0.3 is 4.52 Å². The van der Waals surface area contributed by atoms with Crippen molar-refractivity contribution in [3.05, 3.63) is 42.1 Å². The van der Waals surface area contributed by atoms with Gasteiger partial charge in [-0.05, 0) is 12.1 Å². The summed E-state index contributed by atoms with van der Waals surface area (Å²) < 4.78 is 41.4. The molecule has 5 heteroatoms. The lowest BCUT2D eigenvalue weighted by Crippen LogP contribution is -2.03. The van der Waals surface area contributed by atoms with Crippen molar-refractivity contribution >= 4 is 0 Å². The molecule has 0 atom stereocenters. The summed E-state index contributed by atoms with van der Waals surface area (Å²) in [5, 5.41) is 3.35. The molecule has 2 aromatic rings. The molecule has 0 saturated heterocycles. The van der Waals surface area contributed by atoms with Crippen LogP contribution in [0.5, 0.6) is 0 Å². The average Bonchev–Trinajstić information content (AvgIpc) is 2.69. The second-order valence-corrected chi connectivity index (χ2v) is 2.90. The Morgan fingerprint density at radius 3 is 2.27 bits per heavy atom. The largest absolute Gasteiger partial charge is 0.416 e. The summed E-state index contributed by atoms with van der Waals surface area (Å²) in [4.78, 5) is 0. The standard InChI is InChI=1S/C10H5F3NO/c11-10(12,13)8-3-1-7(2-4-8)9-5-6-14-15-9/h1-5H. The first-order valence-electron chi connectivity index (χ1n) is 4.08. The highest BCUT2D eigenvalue weighted by Gasteiger charge is 2.30. The fourth-order valence-electron chi connectivity index (χ4n) is 1.15. The molecule has 0 N–H and O–H groups in total. The Morgan fingerprint density at radius 1 is 1.13 bits per heavy atom. The molecular weight excluding hydrogens is 207 g/mol. The van der Waals surface area contributed by atoms with Crippen molar-refractivity contribution in [3.8, 4) is 11.3 Å². The van der Waals surface area contributed by atoms with Gasteiger partial charge in [0.15, 0.2) is 5.76 Å². The zero-order valence-electron chi connectivity index (χ0n) is 7.38. The molecule has 0 aliphatic rings. The van der Waals surface area contributed by atoms with Crippen LogP contribution < -0.4 is 0 Å². The van der Waals surface area contributed by atoms with Gasteiger partial charge in [0.1, 0.15) is 6.20 Å². The molecular formula is C10H5F3NO. The van der Waals surface area contributed by atoms with E-state index in [4.69, 9.17) is 4.52 Å².